The third-order valence-corrected chi connectivity index (χ3v) is 5.81. The molecule has 0 spiro atoms. The fraction of sp³-hybridized carbons (Fsp3) is 0.867. The predicted molar refractivity (Wildman–Crippen MR) is 83.3 cm³/mol. The molecule has 1 rings (SSSR count). The van der Waals surface area contributed by atoms with Gasteiger partial charge in [0.2, 0.25) is 5.91 Å². The number of hydrogen-bond donors (Lipinski definition) is 0. The number of carbonyl (C=O) groups is 2. The predicted octanol–water partition coefficient (Wildman–Crippen LogP) is 2.76. The number of piperidine rings is 1. The van der Waals surface area contributed by atoms with Crippen molar-refractivity contribution in [3.63, 3.8) is 0 Å². The molecule has 0 N–H and O–H groups in total. The van der Waals surface area contributed by atoms with Crippen molar-refractivity contribution in [1.29, 1.82) is 0 Å². The third kappa shape index (κ3) is 4.61. The average Bonchev–Trinajstić information content (AvgIpc) is 2.31. The Kier molecular flexibility index (Phi) is 5.41. The van der Waals surface area contributed by atoms with Crippen molar-refractivity contribution >= 4 is 20.0 Å². The van der Waals surface area contributed by atoms with Crippen LogP contribution < -0.4 is 0 Å². The molecule has 1 fully saturated rings. The fourth-order valence-electron chi connectivity index (χ4n) is 2.86. The van der Waals surface area contributed by atoms with E-state index < -0.39 is 13.5 Å². The van der Waals surface area contributed by atoms with Crippen LogP contribution in [0.5, 0.6) is 0 Å². The first kappa shape index (κ1) is 17.2. The van der Waals surface area contributed by atoms with Crippen molar-refractivity contribution < 1.29 is 14.3 Å². The zero-order chi connectivity index (χ0) is 15.6. The largest absolute Gasteiger partial charge is 0.469 e. The summed E-state index contributed by atoms with van der Waals surface area (Å²) >= 11 is 0. The van der Waals surface area contributed by atoms with Gasteiger partial charge < -0.3 is 9.64 Å². The monoisotopic (exact) mass is 299 g/mol. The Labute approximate surface area is 123 Å². The standard InChI is InChI=1S/C15H29NO3Si/c1-15(2)10-12(13(17)19-3)11-16(14(15)18)8-7-9-20(4,5)6/h12H,7-11H2,1-6H3. The molecule has 0 saturated carbocycles. The van der Waals surface area contributed by atoms with Gasteiger partial charge in [0.15, 0.2) is 0 Å². The van der Waals surface area contributed by atoms with Gasteiger partial charge in [-0.05, 0) is 12.8 Å². The van der Waals surface area contributed by atoms with Crippen LogP contribution in [0.4, 0.5) is 0 Å². The number of rotatable bonds is 5. The number of nitrogens with zero attached hydrogens (tertiary/aromatic N) is 1. The molecule has 20 heavy (non-hydrogen) atoms. The van der Waals surface area contributed by atoms with E-state index in [-0.39, 0.29) is 17.8 Å². The number of ether oxygens (including phenoxy) is 1. The minimum Gasteiger partial charge on any atom is -0.469 e. The van der Waals surface area contributed by atoms with Gasteiger partial charge in [-0.25, -0.2) is 0 Å². The van der Waals surface area contributed by atoms with Crippen LogP contribution in [-0.4, -0.2) is 45.0 Å². The van der Waals surface area contributed by atoms with E-state index in [1.54, 1.807) is 0 Å². The average molecular weight is 299 g/mol. The van der Waals surface area contributed by atoms with E-state index >= 15 is 0 Å². The molecule has 0 aromatic carbocycles. The molecule has 1 amide bonds. The van der Waals surface area contributed by atoms with Gasteiger partial charge in [-0.1, -0.05) is 39.5 Å². The third-order valence-electron chi connectivity index (χ3n) is 3.95. The van der Waals surface area contributed by atoms with Gasteiger partial charge in [-0.15, -0.1) is 0 Å². The molecule has 1 unspecified atom stereocenters. The van der Waals surface area contributed by atoms with Gasteiger partial charge in [0.1, 0.15) is 0 Å². The molecule has 0 aliphatic carbocycles. The molecule has 5 heteroatoms. The van der Waals surface area contributed by atoms with E-state index in [0.29, 0.717) is 13.0 Å². The number of likely N-dealkylation sites (tertiary alicyclic amines) is 1. The summed E-state index contributed by atoms with van der Waals surface area (Å²) in [6.45, 7) is 12.1. The van der Waals surface area contributed by atoms with Crippen LogP contribution in [0, 0.1) is 11.3 Å². The van der Waals surface area contributed by atoms with Crippen LogP contribution in [0.3, 0.4) is 0 Å². The van der Waals surface area contributed by atoms with Gasteiger partial charge >= 0.3 is 5.97 Å². The van der Waals surface area contributed by atoms with Crippen LogP contribution in [0.2, 0.25) is 25.7 Å². The maximum Gasteiger partial charge on any atom is 0.310 e. The van der Waals surface area contributed by atoms with Crippen molar-refractivity contribution in [2.45, 2.75) is 52.4 Å². The topological polar surface area (TPSA) is 46.6 Å². The van der Waals surface area contributed by atoms with E-state index in [2.05, 4.69) is 19.6 Å². The summed E-state index contributed by atoms with van der Waals surface area (Å²) in [5.41, 5.74) is -0.462. The van der Waals surface area contributed by atoms with Crippen LogP contribution in [0.15, 0.2) is 0 Å². The second-order valence-electron chi connectivity index (χ2n) is 7.72. The van der Waals surface area contributed by atoms with Crippen molar-refractivity contribution in [3.8, 4) is 0 Å². The first-order valence-electron chi connectivity index (χ1n) is 7.44. The Bertz CT molecular complexity index is 374. The lowest BCUT2D eigenvalue weighted by Gasteiger charge is -2.40. The molecule has 1 aliphatic heterocycles. The van der Waals surface area contributed by atoms with Crippen LogP contribution >= 0.6 is 0 Å². The summed E-state index contributed by atoms with van der Waals surface area (Å²) in [4.78, 5) is 26.1. The molecule has 0 aromatic heterocycles. The highest BCUT2D eigenvalue weighted by Crippen LogP contribution is 2.34. The number of esters is 1. The van der Waals surface area contributed by atoms with Crippen molar-refractivity contribution in [2.24, 2.45) is 11.3 Å². The second-order valence-corrected chi connectivity index (χ2v) is 13.3. The normalized spacial score (nSPS) is 22.8. The number of hydrogen-bond acceptors (Lipinski definition) is 3. The lowest BCUT2D eigenvalue weighted by atomic mass is 9.77. The lowest BCUT2D eigenvalue weighted by Crippen LogP contribution is -2.52. The quantitative estimate of drug-likeness (QED) is 0.579. The summed E-state index contributed by atoms with van der Waals surface area (Å²) in [7, 11) is 0.343. The summed E-state index contributed by atoms with van der Waals surface area (Å²) < 4.78 is 4.86. The first-order valence-corrected chi connectivity index (χ1v) is 11.1. The van der Waals surface area contributed by atoms with Gasteiger partial charge in [-0.3, -0.25) is 9.59 Å². The van der Waals surface area contributed by atoms with Crippen molar-refractivity contribution in [3.05, 3.63) is 0 Å². The zero-order valence-electron chi connectivity index (χ0n) is 13.8. The fourth-order valence-corrected chi connectivity index (χ4v) is 4.08. The maximum atomic E-state index is 12.4. The Morgan fingerprint density at radius 1 is 1.40 bits per heavy atom. The number of methoxy groups -OCH3 is 1. The smallest absolute Gasteiger partial charge is 0.310 e. The maximum absolute atomic E-state index is 12.4. The van der Waals surface area contributed by atoms with Gasteiger partial charge in [0.25, 0.3) is 0 Å². The molecule has 0 bridgehead atoms. The molecule has 1 aliphatic rings. The Morgan fingerprint density at radius 2 is 2.00 bits per heavy atom. The van der Waals surface area contributed by atoms with Gasteiger partial charge in [0, 0.05) is 26.6 Å². The van der Waals surface area contributed by atoms with Crippen LogP contribution in [0.1, 0.15) is 26.7 Å². The molecule has 1 atom stereocenters. The van der Waals surface area contributed by atoms with Gasteiger partial charge in [0.05, 0.1) is 13.0 Å². The van der Waals surface area contributed by atoms with Gasteiger partial charge in [-0.2, -0.15) is 0 Å². The van der Waals surface area contributed by atoms with E-state index in [4.69, 9.17) is 4.74 Å². The molecule has 4 nitrogen and oxygen atoms in total. The van der Waals surface area contributed by atoms with Crippen LogP contribution in [-0.2, 0) is 14.3 Å². The minimum absolute atomic E-state index is 0.174. The Morgan fingerprint density at radius 3 is 2.50 bits per heavy atom. The van der Waals surface area contributed by atoms with E-state index in [9.17, 15) is 9.59 Å². The molecule has 0 radical (unpaired) electrons. The van der Waals surface area contributed by atoms with E-state index in [1.165, 1.54) is 13.2 Å². The van der Waals surface area contributed by atoms with Crippen molar-refractivity contribution in [1.82, 2.24) is 4.90 Å². The SMILES string of the molecule is COC(=O)C1CN(CCC[Si](C)(C)C)C(=O)C(C)(C)C1. The summed E-state index contributed by atoms with van der Waals surface area (Å²) in [6, 6.07) is 1.21. The molecule has 0 aromatic rings. The highest BCUT2D eigenvalue weighted by atomic mass is 28.3. The Balaban J connectivity index is 2.68. The summed E-state index contributed by atoms with van der Waals surface area (Å²) in [6.07, 6.45) is 1.62. The van der Waals surface area contributed by atoms with E-state index in [0.717, 1.165) is 13.0 Å². The highest BCUT2D eigenvalue weighted by Gasteiger charge is 2.42. The zero-order valence-corrected chi connectivity index (χ0v) is 14.8. The van der Waals surface area contributed by atoms with Crippen LogP contribution in [0.25, 0.3) is 0 Å². The summed E-state index contributed by atoms with van der Waals surface area (Å²) in [5, 5.41) is 0. The number of amides is 1. The molecule has 1 heterocycles. The molecular weight excluding hydrogens is 270 g/mol. The second kappa shape index (κ2) is 6.29. The first-order chi connectivity index (χ1) is 9.07. The minimum atomic E-state index is -1.07. The summed E-state index contributed by atoms with van der Waals surface area (Å²) in [5.74, 6) is -0.200. The number of carbonyl (C=O) groups excluding carboxylic acids is 2. The van der Waals surface area contributed by atoms with Crippen molar-refractivity contribution in [2.75, 3.05) is 20.2 Å². The van der Waals surface area contributed by atoms with E-state index in [1.807, 2.05) is 18.7 Å². The lowest BCUT2D eigenvalue weighted by molar-refractivity contribution is -0.157. The highest BCUT2D eigenvalue weighted by molar-refractivity contribution is 6.76. The molecule has 116 valence electrons. The Hall–Kier alpha value is -0.843. The molecule has 1 saturated heterocycles. The molecular formula is C15H29NO3Si.